The lowest BCUT2D eigenvalue weighted by atomic mass is 9.95. The number of carbonyl (C=O) groups excluding carboxylic acids is 1. The van der Waals surface area contributed by atoms with Crippen LogP contribution in [0.1, 0.15) is 59.3 Å². The summed E-state index contributed by atoms with van der Waals surface area (Å²) >= 11 is 0. The number of halogens is 1. The van der Waals surface area contributed by atoms with Crippen molar-refractivity contribution in [3.8, 4) is 17.3 Å². The molecule has 45 heavy (non-hydrogen) atoms. The molecule has 4 aliphatic heterocycles. The number of aromatic nitrogens is 3. The number of pyridine rings is 1. The van der Waals surface area contributed by atoms with Crippen molar-refractivity contribution < 1.29 is 18.7 Å². The first-order chi connectivity index (χ1) is 21.5. The molecule has 2 bridgehead atoms. The van der Waals surface area contributed by atoms with Gasteiger partial charge in [-0.15, -0.1) is 0 Å². The Morgan fingerprint density at radius 1 is 1.07 bits per heavy atom. The minimum absolute atomic E-state index is 0.00320. The Morgan fingerprint density at radius 2 is 1.76 bits per heavy atom. The largest absolute Gasteiger partial charge is 0.461 e. The number of carbonyl (C=O) groups is 1. The highest BCUT2D eigenvalue weighted by Crippen LogP contribution is 2.41. The molecule has 1 amide bonds. The molecule has 0 radical (unpaired) electrons. The second-order valence-electron chi connectivity index (χ2n) is 14.3. The predicted octanol–water partition coefficient (Wildman–Crippen LogP) is 5.49. The fourth-order valence-corrected chi connectivity index (χ4v) is 7.93. The summed E-state index contributed by atoms with van der Waals surface area (Å²) in [6.07, 6.45) is 7.67. The van der Waals surface area contributed by atoms with Crippen molar-refractivity contribution in [2.24, 2.45) is 0 Å². The van der Waals surface area contributed by atoms with E-state index in [1.165, 1.54) is 0 Å². The first-order valence-electron chi connectivity index (χ1n) is 16.3. The van der Waals surface area contributed by atoms with Crippen molar-refractivity contribution in [3.05, 3.63) is 36.3 Å². The smallest absolute Gasteiger partial charge is 0.410 e. The van der Waals surface area contributed by atoms with Crippen molar-refractivity contribution in [1.29, 1.82) is 0 Å². The number of benzene rings is 1. The Balaban J connectivity index is 1.27. The zero-order chi connectivity index (χ0) is 31.5. The molecule has 2 unspecified atom stereocenters. The van der Waals surface area contributed by atoms with Gasteiger partial charge in [-0.2, -0.15) is 9.97 Å². The molecule has 6 heterocycles. The van der Waals surface area contributed by atoms with Gasteiger partial charge in [0.1, 0.15) is 29.2 Å². The summed E-state index contributed by atoms with van der Waals surface area (Å²) in [4.78, 5) is 36.0. The highest BCUT2D eigenvalue weighted by atomic mass is 19.1. The van der Waals surface area contributed by atoms with Crippen molar-refractivity contribution >= 4 is 28.5 Å². The van der Waals surface area contributed by atoms with E-state index in [0.717, 1.165) is 57.3 Å². The van der Waals surface area contributed by atoms with Gasteiger partial charge in [0.2, 0.25) is 0 Å². The van der Waals surface area contributed by atoms with Gasteiger partial charge >= 0.3 is 12.1 Å². The quantitative estimate of drug-likeness (QED) is 0.356. The second kappa shape index (κ2) is 11.3. The third kappa shape index (κ3) is 5.42. The summed E-state index contributed by atoms with van der Waals surface area (Å²) in [5.41, 5.74) is 1.44. The molecule has 7 rings (SSSR count). The maximum Gasteiger partial charge on any atom is 0.410 e. The summed E-state index contributed by atoms with van der Waals surface area (Å²) in [6.45, 7) is 9.46. The highest BCUT2D eigenvalue weighted by molar-refractivity contribution is 5.93. The summed E-state index contributed by atoms with van der Waals surface area (Å²) in [5.74, 6) is 0.106. The van der Waals surface area contributed by atoms with Gasteiger partial charge in [-0.1, -0.05) is 18.2 Å². The van der Waals surface area contributed by atoms with E-state index >= 15 is 4.39 Å². The molecule has 10 nitrogen and oxygen atoms in total. The van der Waals surface area contributed by atoms with E-state index in [0.29, 0.717) is 36.5 Å². The predicted molar refractivity (Wildman–Crippen MR) is 172 cm³/mol. The zero-order valence-electron chi connectivity index (χ0n) is 27.1. The van der Waals surface area contributed by atoms with Crippen molar-refractivity contribution in [2.75, 3.05) is 56.7 Å². The van der Waals surface area contributed by atoms with Gasteiger partial charge < -0.3 is 19.3 Å². The van der Waals surface area contributed by atoms with Crippen molar-refractivity contribution in [1.82, 2.24) is 24.8 Å². The summed E-state index contributed by atoms with van der Waals surface area (Å²) in [5, 5.41) is 0.539. The third-order valence-corrected chi connectivity index (χ3v) is 9.95. The first-order valence-corrected chi connectivity index (χ1v) is 16.3. The second-order valence-corrected chi connectivity index (χ2v) is 14.3. The van der Waals surface area contributed by atoms with E-state index in [1.807, 2.05) is 68.9 Å². The molecule has 0 spiro atoms. The minimum Gasteiger partial charge on any atom is -0.461 e. The number of para-hydroxylation sites is 1. The molecule has 240 valence electrons. The lowest BCUT2D eigenvalue weighted by molar-refractivity contribution is 0.0122. The molecule has 0 N–H and O–H groups in total. The Bertz CT molecular complexity index is 1580. The van der Waals surface area contributed by atoms with E-state index in [4.69, 9.17) is 19.4 Å². The molecule has 4 fully saturated rings. The molecule has 0 aliphatic carbocycles. The van der Waals surface area contributed by atoms with Crippen LogP contribution in [-0.2, 0) is 4.74 Å². The Labute approximate surface area is 264 Å². The lowest BCUT2D eigenvalue weighted by Gasteiger charge is -2.42. The normalized spacial score (nSPS) is 22.6. The van der Waals surface area contributed by atoms with Crippen LogP contribution in [0.4, 0.5) is 20.7 Å². The minimum atomic E-state index is -0.567. The molecule has 4 saturated heterocycles. The number of rotatable bonds is 6. The molecule has 4 aliphatic rings. The SMILES string of the molecule is CN(C)c1ccccc1-c1ncc2c(N3CC4CCC(C3)N4C(=O)OC(C)(C)C)nc(OCC34CCCN3CCC4)nc2c1F. The number of piperazine rings is 1. The van der Waals surface area contributed by atoms with Crippen LogP contribution in [0.15, 0.2) is 30.5 Å². The zero-order valence-corrected chi connectivity index (χ0v) is 27.1. The van der Waals surface area contributed by atoms with Crippen LogP contribution in [0, 0.1) is 5.82 Å². The number of ether oxygens (including phenoxy) is 2. The van der Waals surface area contributed by atoms with Crippen LogP contribution in [-0.4, -0.2) is 101 Å². The lowest BCUT2D eigenvalue weighted by Crippen LogP contribution is -2.57. The number of hydrogen-bond donors (Lipinski definition) is 0. The highest BCUT2D eigenvalue weighted by Gasteiger charge is 2.46. The first kappa shape index (κ1) is 30.0. The van der Waals surface area contributed by atoms with Gasteiger partial charge in [0.15, 0.2) is 5.82 Å². The van der Waals surface area contributed by atoms with Crippen LogP contribution in [0.2, 0.25) is 0 Å². The average Bonchev–Trinajstić information content (AvgIpc) is 3.66. The summed E-state index contributed by atoms with van der Waals surface area (Å²) in [6, 6.07) is 7.79. The van der Waals surface area contributed by atoms with Crippen LogP contribution >= 0.6 is 0 Å². The van der Waals surface area contributed by atoms with Gasteiger partial charge in [-0.25, -0.2) is 9.18 Å². The monoisotopic (exact) mass is 617 g/mol. The molecule has 3 aromatic rings. The van der Waals surface area contributed by atoms with Gasteiger partial charge in [0, 0.05) is 44.6 Å². The summed E-state index contributed by atoms with van der Waals surface area (Å²) in [7, 11) is 3.87. The molecule has 1 aromatic carbocycles. The van der Waals surface area contributed by atoms with Crippen molar-refractivity contribution in [3.63, 3.8) is 0 Å². The van der Waals surface area contributed by atoms with E-state index in [9.17, 15) is 4.79 Å². The fourth-order valence-electron chi connectivity index (χ4n) is 7.93. The molecule has 2 aromatic heterocycles. The molecular formula is C34H44FN7O3. The Hall–Kier alpha value is -3.73. The van der Waals surface area contributed by atoms with Gasteiger partial charge in [-0.3, -0.25) is 14.8 Å². The van der Waals surface area contributed by atoms with Crippen LogP contribution < -0.4 is 14.5 Å². The van der Waals surface area contributed by atoms with Crippen LogP contribution in [0.5, 0.6) is 6.01 Å². The Morgan fingerprint density at radius 3 is 2.42 bits per heavy atom. The molecule has 0 saturated carbocycles. The fraction of sp³-hybridized carbons (Fsp3) is 0.588. The number of amides is 1. The molecule has 2 atom stereocenters. The van der Waals surface area contributed by atoms with E-state index in [2.05, 4.69) is 14.8 Å². The summed E-state index contributed by atoms with van der Waals surface area (Å²) < 4.78 is 28.8. The number of nitrogens with zero attached hydrogens (tertiary/aromatic N) is 7. The average molecular weight is 618 g/mol. The molecular weight excluding hydrogens is 573 g/mol. The maximum atomic E-state index is 16.6. The van der Waals surface area contributed by atoms with Gasteiger partial charge in [0.25, 0.3) is 0 Å². The van der Waals surface area contributed by atoms with E-state index < -0.39 is 11.4 Å². The third-order valence-electron chi connectivity index (χ3n) is 9.95. The van der Waals surface area contributed by atoms with E-state index in [-0.39, 0.29) is 40.9 Å². The standard InChI is InChI=1S/C34H44FN7O3/c1-33(2,3)45-32(43)42-22-12-13-23(42)20-40(19-22)30-25-18-36-28(24-10-6-7-11-26(24)39(4)5)27(35)29(25)37-31(38-30)44-21-34-14-8-16-41(34)17-9-15-34/h6-7,10-11,18,22-23H,8-9,12-17,19-21H2,1-5H3. The van der Waals surface area contributed by atoms with Gasteiger partial charge in [0.05, 0.1) is 23.0 Å². The van der Waals surface area contributed by atoms with Crippen molar-refractivity contribution in [2.45, 2.75) is 82.5 Å². The number of fused-ring (bicyclic) bond motifs is 4. The van der Waals surface area contributed by atoms with E-state index in [1.54, 1.807) is 6.20 Å². The van der Waals surface area contributed by atoms with Crippen LogP contribution in [0.25, 0.3) is 22.2 Å². The van der Waals surface area contributed by atoms with Crippen LogP contribution in [0.3, 0.4) is 0 Å². The Kier molecular flexibility index (Phi) is 7.49. The number of hydrogen-bond acceptors (Lipinski definition) is 9. The topological polar surface area (TPSA) is 87.2 Å². The number of anilines is 2. The molecule has 11 heteroatoms. The maximum absolute atomic E-state index is 16.6. The van der Waals surface area contributed by atoms with Gasteiger partial charge in [-0.05, 0) is 78.5 Å².